The minimum absolute atomic E-state index is 0.0754. The van der Waals surface area contributed by atoms with Crippen molar-refractivity contribution in [1.29, 1.82) is 0 Å². The molecule has 0 unspecified atom stereocenters. The van der Waals surface area contributed by atoms with Crippen LogP contribution in [0.1, 0.15) is 11.1 Å². The molecule has 0 aromatic heterocycles. The van der Waals surface area contributed by atoms with Crippen molar-refractivity contribution in [1.82, 2.24) is 5.32 Å². The summed E-state index contributed by atoms with van der Waals surface area (Å²) in [4.78, 5) is 25.9. The van der Waals surface area contributed by atoms with Crippen molar-refractivity contribution >= 4 is 35.0 Å². The van der Waals surface area contributed by atoms with Gasteiger partial charge in [0.25, 0.3) is 0 Å². The molecule has 138 valence electrons. The third-order valence-electron chi connectivity index (χ3n) is 3.68. The quantitative estimate of drug-likeness (QED) is 0.749. The minimum Gasteiger partial charge on any atom is -0.378 e. The zero-order valence-corrected chi connectivity index (χ0v) is 16.2. The van der Waals surface area contributed by atoms with Crippen LogP contribution in [-0.2, 0) is 16.1 Å². The fourth-order valence-corrected chi connectivity index (χ4v) is 3.00. The Morgan fingerprint density at radius 3 is 2.46 bits per heavy atom. The van der Waals surface area contributed by atoms with E-state index in [1.54, 1.807) is 0 Å². The molecule has 0 fully saturated rings. The van der Waals surface area contributed by atoms with E-state index in [0.717, 1.165) is 22.5 Å². The van der Waals surface area contributed by atoms with Crippen molar-refractivity contribution in [2.24, 2.45) is 0 Å². The first kappa shape index (κ1) is 19.8. The number of carbonyl (C=O) groups excluding carboxylic acids is 2. The molecule has 26 heavy (non-hydrogen) atoms. The van der Waals surface area contributed by atoms with Crippen molar-refractivity contribution in [3.63, 3.8) is 0 Å². The number of hydrogen-bond donors (Lipinski definition) is 2. The molecule has 0 saturated heterocycles. The van der Waals surface area contributed by atoms with E-state index in [-0.39, 0.29) is 23.3 Å². The summed E-state index contributed by atoms with van der Waals surface area (Å²) in [6, 6.07) is 15.7. The molecule has 6 heteroatoms. The van der Waals surface area contributed by atoms with Crippen molar-refractivity contribution in [3.05, 3.63) is 59.7 Å². The number of thioether (sulfide) groups is 1. The van der Waals surface area contributed by atoms with Crippen molar-refractivity contribution < 1.29 is 9.59 Å². The monoisotopic (exact) mass is 371 g/mol. The first-order valence-corrected chi connectivity index (χ1v) is 9.57. The molecule has 0 heterocycles. The summed E-state index contributed by atoms with van der Waals surface area (Å²) < 4.78 is 0. The SMILES string of the molecule is Cc1cccc(NC(=O)CSCC(=O)NCc2cccc(N(C)C)c2)c1. The van der Waals surface area contributed by atoms with Crippen molar-refractivity contribution in [3.8, 4) is 0 Å². The maximum absolute atomic E-state index is 11.9. The van der Waals surface area contributed by atoms with E-state index in [1.165, 1.54) is 11.8 Å². The summed E-state index contributed by atoms with van der Waals surface area (Å²) in [5.41, 5.74) is 4.01. The van der Waals surface area contributed by atoms with Crippen LogP contribution in [0.15, 0.2) is 48.5 Å². The van der Waals surface area contributed by atoms with Gasteiger partial charge in [-0.15, -0.1) is 11.8 Å². The van der Waals surface area contributed by atoms with Crippen molar-refractivity contribution in [2.75, 3.05) is 35.8 Å². The van der Waals surface area contributed by atoms with Gasteiger partial charge in [0, 0.05) is 32.0 Å². The predicted molar refractivity (Wildman–Crippen MR) is 110 cm³/mol. The third-order valence-corrected chi connectivity index (χ3v) is 4.62. The Hall–Kier alpha value is -2.47. The average Bonchev–Trinajstić information content (AvgIpc) is 2.60. The largest absolute Gasteiger partial charge is 0.378 e. The van der Waals surface area contributed by atoms with E-state index < -0.39 is 0 Å². The molecule has 2 aromatic carbocycles. The highest BCUT2D eigenvalue weighted by molar-refractivity contribution is 8.00. The zero-order chi connectivity index (χ0) is 18.9. The molecule has 0 aliphatic rings. The second-order valence-electron chi connectivity index (χ2n) is 6.25. The van der Waals surface area contributed by atoms with Crippen LogP contribution in [0.25, 0.3) is 0 Å². The highest BCUT2D eigenvalue weighted by Crippen LogP contribution is 2.13. The van der Waals surface area contributed by atoms with Crippen LogP contribution >= 0.6 is 11.8 Å². The lowest BCUT2D eigenvalue weighted by Crippen LogP contribution is -2.25. The summed E-state index contributed by atoms with van der Waals surface area (Å²) >= 11 is 1.30. The van der Waals surface area contributed by atoms with Gasteiger partial charge in [0.05, 0.1) is 11.5 Å². The van der Waals surface area contributed by atoms with E-state index in [4.69, 9.17) is 0 Å². The number of nitrogens with zero attached hydrogens (tertiary/aromatic N) is 1. The summed E-state index contributed by atoms with van der Waals surface area (Å²) in [6.07, 6.45) is 0. The van der Waals surface area contributed by atoms with Crippen molar-refractivity contribution in [2.45, 2.75) is 13.5 Å². The number of carbonyl (C=O) groups is 2. The number of anilines is 2. The number of amides is 2. The number of benzene rings is 2. The van der Waals surface area contributed by atoms with Crippen LogP contribution in [0.3, 0.4) is 0 Å². The first-order valence-electron chi connectivity index (χ1n) is 8.41. The smallest absolute Gasteiger partial charge is 0.234 e. The molecule has 5 nitrogen and oxygen atoms in total. The van der Waals surface area contributed by atoms with Gasteiger partial charge in [0.15, 0.2) is 0 Å². The Kier molecular flexibility index (Phi) is 7.53. The Morgan fingerprint density at radius 1 is 1.00 bits per heavy atom. The fourth-order valence-electron chi connectivity index (χ4n) is 2.35. The van der Waals surface area contributed by atoms with E-state index >= 15 is 0 Å². The molecular weight excluding hydrogens is 346 g/mol. The fraction of sp³-hybridized carbons (Fsp3) is 0.300. The minimum atomic E-state index is -0.105. The maximum atomic E-state index is 11.9. The number of rotatable bonds is 8. The summed E-state index contributed by atoms with van der Waals surface area (Å²) in [5, 5.41) is 5.72. The van der Waals surface area contributed by atoms with Gasteiger partial charge >= 0.3 is 0 Å². The molecule has 0 bridgehead atoms. The van der Waals surface area contributed by atoms with Crippen LogP contribution < -0.4 is 15.5 Å². The Bertz CT molecular complexity index is 762. The Labute approximate surface area is 159 Å². The van der Waals surface area contributed by atoms with Crippen LogP contribution in [0, 0.1) is 6.92 Å². The molecule has 0 aliphatic carbocycles. The third kappa shape index (κ3) is 6.80. The molecule has 2 amide bonds. The van der Waals surface area contributed by atoms with E-state index in [2.05, 4.69) is 10.6 Å². The van der Waals surface area contributed by atoms with E-state index in [0.29, 0.717) is 6.54 Å². The van der Waals surface area contributed by atoms with Gasteiger partial charge in [-0.1, -0.05) is 24.3 Å². The highest BCUT2D eigenvalue weighted by Gasteiger charge is 2.07. The van der Waals surface area contributed by atoms with Gasteiger partial charge in [-0.25, -0.2) is 0 Å². The van der Waals surface area contributed by atoms with E-state index in [1.807, 2.05) is 74.4 Å². The molecular formula is C20H25N3O2S. The van der Waals surface area contributed by atoms with E-state index in [9.17, 15) is 9.59 Å². The van der Waals surface area contributed by atoms with Gasteiger partial charge < -0.3 is 15.5 Å². The summed E-state index contributed by atoms with van der Waals surface area (Å²) in [6.45, 7) is 2.46. The highest BCUT2D eigenvalue weighted by atomic mass is 32.2. The predicted octanol–water partition coefficient (Wildman–Crippen LogP) is 3.05. The van der Waals surface area contributed by atoms with Gasteiger partial charge in [-0.05, 0) is 42.3 Å². The molecule has 2 aromatic rings. The average molecular weight is 372 g/mol. The molecule has 0 radical (unpaired) electrons. The molecule has 2 N–H and O–H groups in total. The second-order valence-corrected chi connectivity index (χ2v) is 7.24. The Morgan fingerprint density at radius 2 is 1.73 bits per heavy atom. The molecule has 2 rings (SSSR count). The van der Waals surface area contributed by atoms with Crippen LogP contribution in [-0.4, -0.2) is 37.4 Å². The second kappa shape index (κ2) is 9.87. The Balaban J connectivity index is 1.68. The van der Waals surface area contributed by atoms with Crippen LogP contribution in [0.4, 0.5) is 11.4 Å². The topological polar surface area (TPSA) is 61.4 Å². The summed E-state index contributed by atoms with van der Waals surface area (Å²) in [5.74, 6) is 0.326. The lowest BCUT2D eigenvalue weighted by molar-refractivity contribution is -0.118. The standard InChI is InChI=1S/C20H25N3O2S/c1-15-6-4-8-17(10-15)22-20(25)14-26-13-19(24)21-12-16-7-5-9-18(11-16)23(2)3/h4-11H,12-14H2,1-3H3,(H,21,24)(H,22,25). The number of nitrogens with one attached hydrogen (secondary N) is 2. The molecule has 0 aliphatic heterocycles. The van der Waals surface area contributed by atoms with Gasteiger partial charge in [0.2, 0.25) is 11.8 Å². The number of aryl methyl sites for hydroxylation is 1. The molecule has 0 spiro atoms. The zero-order valence-electron chi connectivity index (χ0n) is 15.4. The molecule has 0 saturated carbocycles. The lowest BCUT2D eigenvalue weighted by atomic mass is 10.2. The number of hydrogen-bond acceptors (Lipinski definition) is 4. The van der Waals surface area contributed by atoms with Gasteiger partial charge in [0.1, 0.15) is 0 Å². The van der Waals surface area contributed by atoms with Crippen LogP contribution in [0.5, 0.6) is 0 Å². The van der Waals surface area contributed by atoms with Gasteiger partial charge in [-0.3, -0.25) is 9.59 Å². The lowest BCUT2D eigenvalue weighted by Gasteiger charge is -2.13. The molecule has 0 atom stereocenters. The first-order chi connectivity index (χ1) is 12.4. The van der Waals surface area contributed by atoms with Crippen LogP contribution in [0.2, 0.25) is 0 Å². The maximum Gasteiger partial charge on any atom is 0.234 e. The van der Waals surface area contributed by atoms with Gasteiger partial charge in [-0.2, -0.15) is 0 Å². The summed E-state index contributed by atoms with van der Waals surface area (Å²) in [7, 11) is 3.96. The normalized spacial score (nSPS) is 10.3.